The summed E-state index contributed by atoms with van der Waals surface area (Å²) in [5.41, 5.74) is 0.00208. The number of nitro groups is 1. The van der Waals surface area contributed by atoms with E-state index in [9.17, 15) is 14.9 Å². The van der Waals surface area contributed by atoms with Crippen molar-refractivity contribution >= 4 is 23.4 Å². The van der Waals surface area contributed by atoms with E-state index in [1.807, 2.05) is 0 Å². The second kappa shape index (κ2) is 6.55. The van der Waals surface area contributed by atoms with Crippen LogP contribution in [0, 0.1) is 22.5 Å². The summed E-state index contributed by atoms with van der Waals surface area (Å²) >= 11 is 1.11. The van der Waals surface area contributed by atoms with Crippen LogP contribution in [0.3, 0.4) is 0 Å². The SMILES string of the molecule is C#CCNC(=O)CSc1ccccc1[N+](=O)[O-]. The van der Waals surface area contributed by atoms with Gasteiger partial charge >= 0.3 is 0 Å². The highest BCUT2D eigenvalue weighted by Gasteiger charge is 2.13. The third kappa shape index (κ3) is 4.17. The van der Waals surface area contributed by atoms with E-state index in [2.05, 4.69) is 11.2 Å². The molecule has 0 saturated heterocycles. The fourth-order valence-corrected chi connectivity index (χ4v) is 1.93. The lowest BCUT2D eigenvalue weighted by Crippen LogP contribution is -2.25. The van der Waals surface area contributed by atoms with Gasteiger partial charge in [-0.05, 0) is 6.07 Å². The van der Waals surface area contributed by atoms with Gasteiger partial charge in [-0.2, -0.15) is 0 Å². The minimum atomic E-state index is -0.471. The maximum Gasteiger partial charge on any atom is 0.282 e. The predicted molar refractivity (Wildman–Crippen MR) is 65.7 cm³/mol. The molecule has 0 atom stereocenters. The number of nitrogens with one attached hydrogen (secondary N) is 1. The first-order valence-corrected chi connectivity index (χ1v) is 5.70. The summed E-state index contributed by atoms with van der Waals surface area (Å²) in [6.45, 7) is 0.163. The number of hydrogen-bond donors (Lipinski definition) is 1. The normalized spacial score (nSPS) is 9.35. The Balaban J connectivity index is 2.61. The van der Waals surface area contributed by atoms with E-state index >= 15 is 0 Å². The molecule has 1 aromatic carbocycles. The van der Waals surface area contributed by atoms with E-state index in [-0.39, 0.29) is 23.9 Å². The number of amides is 1. The summed E-state index contributed by atoms with van der Waals surface area (Å²) in [5, 5.41) is 13.2. The third-order valence-electron chi connectivity index (χ3n) is 1.81. The first-order chi connectivity index (χ1) is 8.15. The maximum absolute atomic E-state index is 11.3. The summed E-state index contributed by atoms with van der Waals surface area (Å²) in [6.07, 6.45) is 4.99. The van der Waals surface area contributed by atoms with Gasteiger partial charge in [-0.3, -0.25) is 14.9 Å². The largest absolute Gasteiger partial charge is 0.344 e. The molecule has 88 valence electrons. The molecule has 0 heterocycles. The van der Waals surface area contributed by atoms with Crippen LogP contribution in [0.5, 0.6) is 0 Å². The van der Waals surface area contributed by atoms with Crippen molar-refractivity contribution in [2.75, 3.05) is 12.3 Å². The second-order valence-corrected chi connectivity index (χ2v) is 4.01. The van der Waals surface area contributed by atoms with E-state index in [4.69, 9.17) is 6.42 Å². The lowest BCUT2D eigenvalue weighted by Gasteiger charge is -2.02. The summed E-state index contributed by atoms with van der Waals surface area (Å²) in [4.78, 5) is 22.0. The van der Waals surface area contributed by atoms with E-state index in [0.29, 0.717) is 4.90 Å². The standard InChI is InChI=1S/C11H10N2O3S/c1-2-7-12-11(14)8-17-10-6-4-3-5-9(10)13(15)16/h1,3-6H,7-8H2,(H,12,14). The maximum atomic E-state index is 11.3. The Hall–Kier alpha value is -2.00. The molecule has 5 nitrogen and oxygen atoms in total. The van der Waals surface area contributed by atoms with Crippen molar-refractivity contribution in [2.24, 2.45) is 0 Å². The van der Waals surface area contributed by atoms with E-state index in [1.165, 1.54) is 6.07 Å². The monoisotopic (exact) mass is 250 g/mol. The topological polar surface area (TPSA) is 72.2 Å². The van der Waals surface area contributed by atoms with E-state index < -0.39 is 4.92 Å². The Kier molecular flexibility index (Phi) is 5.04. The zero-order valence-electron chi connectivity index (χ0n) is 8.88. The number of nitro benzene ring substituents is 1. The third-order valence-corrected chi connectivity index (χ3v) is 2.87. The zero-order chi connectivity index (χ0) is 12.7. The molecule has 0 spiro atoms. The molecule has 0 radical (unpaired) electrons. The molecule has 0 unspecified atom stereocenters. The van der Waals surface area contributed by atoms with Gasteiger partial charge in [0.2, 0.25) is 5.91 Å². The summed E-state index contributed by atoms with van der Waals surface area (Å²) in [5.74, 6) is 2.14. The fraction of sp³-hybridized carbons (Fsp3) is 0.182. The first-order valence-electron chi connectivity index (χ1n) is 4.71. The van der Waals surface area contributed by atoms with Gasteiger partial charge < -0.3 is 5.32 Å². The lowest BCUT2D eigenvalue weighted by molar-refractivity contribution is -0.387. The molecule has 0 bridgehead atoms. The smallest absolute Gasteiger partial charge is 0.282 e. The molecule has 17 heavy (non-hydrogen) atoms. The Labute approximate surface area is 103 Å². The molecule has 0 aliphatic heterocycles. The molecular formula is C11H10N2O3S. The van der Waals surface area contributed by atoms with Crippen molar-refractivity contribution < 1.29 is 9.72 Å². The van der Waals surface area contributed by atoms with Crippen LogP contribution in [0.25, 0.3) is 0 Å². The molecule has 0 aliphatic rings. The van der Waals surface area contributed by atoms with Crippen LogP contribution in [-0.2, 0) is 4.79 Å². The Morgan fingerprint density at radius 2 is 2.24 bits per heavy atom. The van der Waals surface area contributed by atoms with Crippen LogP contribution >= 0.6 is 11.8 Å². The van der Waals surface area contributed by atoms with E-state index in [0.717, 1.165) is 11.8 Å². The van der Waals surface area contributed by atoms with Gasteiger partial charge in [0.25, 0.3) is 5.69 Å². The molecule has 1 aromatic rings. The molecule has 0 aliphatic carbocycles. The van der Waals surface area contributed by atoms with Gasteiger partial charge in [0.05, 0.1) is 22.1 Å². The molecule has 0 aromatic heterocycles. The Morgan fingerprint density at radius 3 is 2.88 bits per heavy atom. The second-order valence-electron chi connectivity index (χ2n) is 2.99. The molecule has 1 amide bonds. The summed E-state index contributed by atoms with van der Waals surface area (Å²) in [6, 6.07) is 6.29. The average molecular weight is 250 g/mol. The average Bonchev–Trinajstić information content (AvgIpc) is 2.34. The molecule has 0 fully saturated rings. The van der Waals surface area contributed by atoms with Gasteiger partial charge in [-0.25, -0.2) is 0 Å². The summed E-state index contributed by atoms with van der Waals surface area (Å²) < 4.78 is 0. The van der Waals surface area contributed by atoms with Gasteiger partial charge in [0.1, 0.15) is 0 Å². The number of benzene rings is 1. The number of terminal acetylenes is 1. The van der Waals surface area contributed by atoms with Gasteiger partial charge in [-0.15, -0.1) is 18.2 Å². The van der Waals surface area contributed by atoms with Crippen molar-refractivity contribution in [3.63, 3.8) is 0 Å². The lowest BCUT2D eigenvalue weighted by atomic mass is 10.3. The Morgan fingerprint density at radius 1 is 1.53 bits per heavy atom. The van der Waals surface area contributed by atoms with Crippen molar-refractivity contribution in [2.45, 2.75) is 4.90 Å². The number of thioether (sulfide) groups is 1. The number of para-hydroxylation sites is 1. The van der Waals surface area contributed by atoms with Crippen molar-refractivity contribution in [3.8, 4) is 12.3 Å². The highest BCUT2D eigenvalue weighted by Crippen LogP contribution is 2.28. The molecule has 6 heteroatoms. The quantitative estimate of drug-likeness (QED) is 0.371. The predicted octanol–water partition coefficient (Wildman–Crippen LogP) is 1.44. The minimum absolute atomic E-state index is 0.00208. The van der Waals surface area contributed by atoms with Crippen LogP contribution in [0.4, 0.5) is 5.69 Å². The van der Waals surface area contributed by atoms with E-state index in [1.54, 1.807) is 18.2 Å². The molecule has 0 saturated carbocycles. The highest BCUT2D eigenvalue weighted by molar-refractivity contribution is 8.00. The molecule has 1 N–H and O–H groups in total. The van der Waals surface area contributed by atoms with Crippen molar-refractivity contribution in [3.05, 3.63) is 34.4 Å². The number of rotatable bonds is 5. The minimum Gasteiger partial charge on any atom is -0.344 e. The number of carbonyl (C=O) groups excluding carboxylic acids is 1. The highest BCUT2D eigenvalue weighted by atomic mass is 32.2. The van der Waals surface area contributed by atoms with Crippen molar-refractivity contribution in [1.82, 2.24) is 5.32 Å². The van der Waals surface area contributed by atoms with Gasteiger partial charge in [0.15, 0.2) is 0 Å². The summed E-state index contributed by atoms with van der Waals surface area (Å²) in [7, 11) is 0. The van der Waals surface area contributed by atoms with Crippen LogP contribution in [0.15, 0.2) is 29.2 Å². The molecular weight excluding hydrogens is 240 g/mol. The number of carbonyl (C=O) groups is 1. The van der Waals surface area contributed by atoms with Gasteiger partial charge in [-0.1, -0.05) is 18.1 Å². The Bertz CT molecular complexity index is 468. The van der Waals surface area contributed by atoms with Gasteiger partial charge in [0, 0.05) is 6.07 Å². The first kappa shape index (κ1) is 13.1. The number of hydrogen-bond acceptors (Lipinski definition) is 4. The van der Waals surface area contributed by atoms with Crippen LogP contribution in [0.2, 0.25) is 0 Å². The fourth-order valence-electron chi connectivity index (χ4n) is 1.07. The number of nitrogens with zero attached hydrogens (tertiary/aromatic N) is 1. The molecule has 1 rings (SSSR count). The van der Waals surface area contributed by atoms with Crippen LogP contribution in [0.1, 0.15) is 0 Å². The zero-order valence-corrected chi connectivity index (χ0v) is 9.70. The van der Waals surface area contributed by atoms with Crippen molar-refractivity contribution in [1.29, 1.82) is 0 Å². The van der Waals surface area contributed by atoms with Crippen LogP contribution < -0.4 is 5.32 Å². The van der Waals surface area contributed by atoms with Crippen LogP contribution in [-0.4, -0.2) is 23.1 Å².